The first kappa shape index (κ1) is 30.0. The molecule has 0 bridgehead atoms. The Morgan fingerprint density at radius 2 is 1.84 bits per heavy atom. The van der Waals surface area contributed by atoms with E-state index in [0.29, 0.717) is 5.75 Å². The Balaban J connectivity index is 0.000000264. The lowest BCUT2D eigenvalue weighted by molar-refractivity contribution is -0.146. The van der Waals surface area contributed by atoms with Crippen molar-refractivity contribution in [2.75, 3.05) is 7.11 Å². The number of ether oxygens (including phenoxy) is 2. The monoisotopic (exact) mass is 530 g/mol. The summed E-state index contributed by atoms with van der Waals surface area (Å²) in [4.78, 5) is 33.5. The molecule has 3 N–H and O–H groups in total. The van der Waals surface area contributed by atoms with Crippen LogP contribution in [0.15, 0.2) is 54.6 Å². The summed E-state index contributed by atoms with van der Waals surface area (Å²) in [5.74, 6) is 0.268. The van der Waals surface area contributed by atoms with E-state index < -0.39 is 6.09 Å². The van der Waals surface area contributed by atoms with Gasteiger partial charge in [-0.1, -0.05) is 68.7 Å². The van der Waals surface area contributed by atoms with Gasteiger partial charge >= 0.3 is 12.1 Å². The number of hydrogen-bond donors (Lipinski definition) is 3. The molecule has 0 fully saturated rings. The molecule has 0 spiro atoms. The molecule has 1 aromatic rings. The molecule has 37 heavy (non-hydrogen) atoms. The third-order valence-corrected chi connectivity index (χ3v) is 6.73. The minimum Gasteiger partial charge on any atom is -0.469 e. The number of nitrogens with one attached hydrogen (secondary N) is 2. The van der Waals surface area contributed by atoms with Gasteiger partial charge in [-0.2, -0.15) is 0 Å². The minimum absolute atomic E-state index is 0.188. The van der Waals surface area contributed by atoms with E-state index >= 15 is 0 Å². The van der Waals surface area contributed by atoms with Gasteiger partial charge < -0.3 is 30.0 Å². The Hall–Kier alpha value is -3.20. The smallest absolute Gasteiger partial charge is 0.405 e. The van der Waals surface area contributed by atoms with Crippen LogP contribution in [0.2, 0.25) is 0 Å². The van der Waals surface area contributed by atoms with Crippen molar-refractivity contribution in [1.29, 1.82) is 0 Å². The van der Waals surface area contributed by atoms with E-state index in [9.17, 15) is 14.4 Å². The summed E-state index contributed by atoms with van der Waals surface area (Å²) < 4.78 is 10.3. The molecule has 0 saturated carbocycles. The normalized spacial score (nSPS) is 24.1. The maximum Gasteiger partial charge on any atom is 0.405 e. The van der Waals surface area contributed by atoms with Crippen LogP contribution in [0.25, 0.3) is 0 Å². The van der Waals surface area contributed by atoms with Crippen LogP contribution in [0.3, 0.4) is 0 Å². The van der Waals surface area contributed by atoms with Crippen LogP contribution in [-0.4, -0.2) is 47.8 Å². The summed E-state index contributed by atoms with van der Waals surface area (Å²) in [7, 11) is 1.40. The molecule has 0 aliphatic heterocycles. The highest BCUT2D eigenvalue weighted by molar-refractivity contribution is 7.80. The summed E-state index contributed by atoms with van der Waals surface area (Å²) >= 11 is 5.17. The highest BCUT2D eigenvalue weighted by Crippen LogP contribution is 2.29. The largest absolute Gasteiger partial charge is 0.469 e. The summed E-state index contributed by atoms with van der Waals surface area (Å²) in [6, 6.07) is 8.74. The number of hydrogen-bond acceptors (Lipinski definition) is 6. The fourth-order valence-corrected chi connectivity index (χ4v) is 4.82. The van der Waals surface area contributed by atoms with E-state index in [4.69, 9.17) is 26.8 Å². The van der Waals surface area contributed by atoms with E-state index in [1.807, 2.05) is 48.6 Å². The van der Waals surface area contributed by atoms with Gasteiger partial charge in [0, 0.05) is 5.92 Å². The third kappa shape index (κ3) is 10.4. The standard InChI is InChI=1S/C15H17NO3S.C13H21NO3/c1-18-14(17)12-9-5-6-10-13(12)16-15(20)19-11-7-3-2-4-8-11;1-2-3-4-6-10-7-5-8-12(11(10)9-15)14-13(16)17/h2-4,6-8,10,12-13H,5,9H2,1H3,(H,16,20);5,8-12,14H,2-4,6-7H2,1H3,(H,16,17). The molecule has 1 aromatic carbocycles. The SMILES string of the molecule is CCCCCC1CC=CC(NC(=O)O)C1C=O.COC(=O)C1CCC=CC1NC(=S)Oc1ccccc1. The van der Waals surface area contributed by atoms with Gasteiger partial charge in [0.05, 0.1) is 25.1 Å². The van der Waals surface area contributed by atoms with Gasteiger partial charge in [0.2, 0.25) is 0 Å². The molecule has 0 saturated heterocycles. The van der Waals surface area contributed by atoms with Crippen molar-refractivity contribution in [1.82, 2.24) is 10.6 Å². The first-order valence-electron chi connectivity index (χ1n) is 12.8. The van der Waals surface area contributed by atoms with Crippen molar-refractivity contribution in [2.24, 2.45) is 17.8 Å². The van der Waals surface area contributed by atoms with Crippen molar-refractivity contribution < 1.29 is 29.0 Å². The van der Waals surface area contributed by atoms with Crippen molar-refractivity contribution >= 4 is 35.7 Å². The highest BCUT2D eigenvalue weighted by atomic mass is 32.1. The molecule has 0 heterocycles. The Kier molecular flexibility index (Phi) is 13.4. The Morgan fingerprint density at radius 1 is 1.11 bits per heavy atom. The number of methoxy groups -OCH3 is 1. The zero-order valence-corrected chi connectivity index (χ0v) is 22.3. The predicted molar refractivity (Wildman–Crippen MR) is 146 cm³/mol. The predicted octanol–water partition coefficient (Wildman–Crippen LogP) is 5.04. The van der Waals surface area contributed by atoms with Crippen molar-refractivity contribution in [3.05, 3.63) is 54.6 Å². The lowest BCUT2D eigenvalue weighted by atomic mass is 9.78. The number of thiocarbonyl (C=S) groups is 1. The summed E-state index contributed by atoms with van der Waals surface area (Å²) in [5, 5.41) is 14.4. The average Bonchev–Trinajstić information content (AvgIpc) is 2.89. The van der Waals surface area contributed by atoms with Crippen LogP contribution in [0, 0.1) is 17.8 Å². The van der Waals surface area contributed by atoms with Gasteiger partial charge in [0.1, 0.15) is 12.0 Å². The molecule has 0 radical (unpaired) electrons. The molecule has 2 aliphatic rings. The minimum atomic E-state index is -1.07. The average molecular weight is 531 g/mol. The number of carbonyl (C=O) groups excluding carboxylic acids is 2. The maximum atomic E-state index is 11.7. The Morgan fingerprint density at radius 3 is 2.49 bits per heavy atom. The topological polar surface area (TPSA) is 114 Å². The number of esters is 1. The zero-order chi connectivity index (χ0) is 27.0. The molecule has 5 atom stereocenters. The molecule has 3 rings (SSSR count). The quantitative estimate of drug-likeness (QED) is 0.134. The lowest BCUT2D eigenvalue weighted by Gasteiger charge is -2.31. The maximum absolute atomic E-state index is 11.7. The van der Waals surface area contributed by atoms with Gasteiger partial charge in [-0.05, 0) is 56.0 Å². The van der Waals surface area contributed by atoms with Crippen LogP contribution in [0.4, 0.5) is 4.79 Å². The Labute approximate surface area is 224 Å². The zero-order valence-electron chi connectivity index (χ0n) is 21.5. The molecular weight excluding hydrogens is 492 g/mol. The van der Waals surface area contributed by atoms with E-state index in [1.165, 1.54) is 13.5 Å². The number of benzene rings is 1. The highest BCUT2D eigenvalue weighted by Gasteiger charge is 2.31. The van der Waals surface area contributed by atoms with Crippen molar-refractivity contribution in [2.45, 2.75) is 64.0 Å². The second-order valence-electron chi connectivity index (χ2n) is 9.12. The van der Waals surface area contributed by atoms with E-state index in [0.717, 1.165) is 44.8 Å². The summed E-state index contributed by atoms with van der Waals surface area (Å²) in [5.41, 5.74) is 0. The van der Waals surface area contributed by atoms with Crippen LogP contribution >= 0.6 is 12.2 Å². The molecule has 8 nitrogen and oxygen atoms in total. The summed E-state index contributed by atoms with van der Waals surface area (Å²) in [6.07, 6.45) is 14.5. The molecule has 0 aromatic heterocycles. The van der Waals surface area contributed by atoms with Crippen LogP contribution in [0.1, 0.15) is 51.9 Å². The second-order valence-corrected chi connectivity index (χ2v) is 9.49. The number of rotatable bonds is 9. The number of carbonyl (C=O) groups is 3. The Bertz CT molecular complexity index is 936. The molecular formula is C28H38N2O6S. The van der Waals surface area contributed by atoms with Crippen LogP contribution in [-0.2, 0) is 14.3 Å². The van der Waals surface area contributed by atoms with Crippen LogP contribution in [0.5, 0.6) is 5.75 Å². The van der Waals surface area contributed by atoms with Crippen molar-refractivity contribution in [3.8, 4) is 5.75 Å². The number of aldehydes is 1. The second kappa shape index (κ2) is 16.5. The number of allylic oxidation sites excluding steroid dienone is 2. The van der Waals surface area contributed by atoms with E-state index in [1.54, 1.807) is 6.08 Å². The fraction of sp³-hybridized carbons (Fsp3) is 0.500. The summed E-state index contributed by atoms with van der Waals surface area (Å²) in [6.45, 7) is 2.15. The number of para-hydroxylation sites is 1. The van der Waals surface area contributed by atoms with Gasteiger partial charge in [-0.15, -0.1) is 0 Å². The van der Waals surface area contributed by atoms with Crippen molar-refractivity contribution in [3.63, 3.8) is 0 Å². The van der Waals surface area contributed by atoms with Gasteiger partial charge in [-0.3, -0.25) is 4.79 Å². The van der Waals surface area contributed by atoms with E-state index in [2.05, 4.69) is 17.6 Å². The third-order valence-electron chi connectivity index (χ3n) is 6.53. The van der Waals surface area contributed by atoms with Crippen LogP contribution < -0.4 is 15.4 Å². The number of unbranched alkanes of at least 4 members (excludes halogenated alkanes) is 2. The number of carboxylic acid groups (broad SMARTS) is 1. The molecule has 202 valence electrons. The molecule has 5 unspecified atom stereocenters. The van der Waals surface area contributed by atoms with Gasteiger partial charge in [0.25, 0.3) is 5.17 Å². The van der Waals surface area contributed by atoms with E-state index in [-0.39, 0.29) is 41.0 Å². The molecule has 2 aliphatic carbocycles. The lowest BCUT2D eigenvalue weighted by Crippen LogP contribution is -2.44. The van der Waals surface area contributed by atoms with Gasteiger partial charge in [-0.25, -0.2) is 4.79 Å². The first-order valence-corrected chi connectivity index (χ1v) is 13.2. The fourth-order valence-electron chi connectivity index (χ4n) is 4.59. The first-order chi connectivity index (χ1) is 17.9. The number of amides is 1. The molecule has 9 heteroatoms. The van der Waals surface area contributed by atoms with Gasteiger partial charge in [0.15, 0.2) is 0 Å². The molecule has 1 amide bonds.